The van der Waals surface area contributed by atoms with Gasteiger partial charge in [0.1, 0.15) is 0 Å². The summed E-state index contributed by atoms with van der Waals surface area (Å²) in [4.78, 5) is 0.391. The molecule has 0 atom stereocenters. The van der Waals surface area contributed by atoms with E-state index in [1.54, 1.807) is 12.1 Å². The van der Waals surface area contributed by atoms with Crippen LogP contribution in [-0.2, 0) is 9.84 Å². The highest BCUT2D eigenvalue weighted by atomic mass is 32.2. The van der Waals surface area contributed by atoms with Gasteiger partial charge in [-0.05, 0) is 25.0 Å². The summed E-state index contributed by atoms with van der Waals surface area (Å²) in [5, 5.41) is 3.38. The van der Waals surface area contributed by atoms with Crippen LogP contribution in [0.1, 0.15) is 39.5 Å². The maximum Gasteiger partial charge on any atom is 0.177 e. The van der Waals surface area contributed by atoms with Crippen LogP contribution < -0.4 is 5.32 Å². The zero-order valence-electron chi connectivity index (χ0n) is 11.4. The second kappa shape index (κ2) is 6.78. The molecule has 0 radical (unpaired) electrons. The highest BCUT2D eigenvalue weighted by molar-refractivity contribution is 7.90. The van der Waals surface area contributed by atoms with Gasteiger partial charge < -0.3 is 5.32 Å². The number of sulfone groups is 1. The fourth-order valence-corrected chi connectivity index (χ4v) is 2.97. The lowest BCUT2D eigenvalue weighted by Gasteiger charge is -2.20. The van der Waals surface area contributed by atoms with Crippen LogP contribution in [0, 0.1) is 0 Å². The molecule has 0 bridgehead atoms. The molecule has 0 fully saturated rings. The first kappa shape index (κ1) is 15.0. The Balaban J connectivity index is 2.95. The van der Waals surface area contributed by atoms with Crippen molar-refractivity contribution >= 4 is 15.5 Å². The van der Waals surface area contributed by atoms with Crippen LogP contribution in [0.4, 0.5) is 5.69 Å². The van der Waals surface area contributed by atoms with E-state index in [0.717, 1.165) is 31.4 Å². The highest BCUT2D eigenvalue weighted by Crippen LogP contribution is 2.23. The van der Waals surface area contributed by atoms with E-state index in [4.69, 9.17) is 0 Å². The molecule has 3 nitrogen and oxygen atoms in total. The molecule has 0 aliphatic rings. The van der Waals surface area contributed by atoms with E-state index in [2.05, 4.69) is 19.2 Å². The predicted molar refractivity (Wildman–Crippen MR) is 76.8 cm³/mol. The van der Waals surface area contributed by atoms with Crippen molar-refractivity contribution in [1.29, 1.82) is 0 Å². The number of anilines is 1. The summed E-state index contributed by atoms with van der Waals surface area (Å²) in [6.07, 6.45) is 5.57. The van der Waals surface area contributed by atoms with Crippen LogP contribution in [0.25, 0.3) is 0 Å². The number of rotatable bonds is 7. The third-order valence-corrected chi connectivity index (χ3v) is 4.08. The van der Waals surface area contributed by atoms with E-state index in [1.807, 2.05) is 12.1 Å². The minimum absolute atomic E-state index is 0.350. The van der Waals surface area contributed by atoms with Crippen LogP contribution in [0.2, 0.25) is 0 Å². The first-order valence-corrected chi connectivity index (χ1v) is 8.43. The topological polar surface area (TPSA) is 46.2 Å². The fourth-order valence-electron chi connectivity index (χ4n) is 2.11. The van der Waals surface area contributed by atoms with Crippen molar-refractivity contribution in [3.63, 3.8) is 0 Å². The second-order valence-corrected chi connectivity index (χ2v) is 6.67. The third kappa shape index (κ3) is 4.33. The van der Waals surface area contributed by atoms with Gasteiger partial charge in [0.2, 0.25) is 0 Å². The van der Waals surface area contributed by atoms with Crippen molar-refractivity contribution < 1.29 is 8.42 Å². The van der Waals surface area contributed by atoms with Crippen LogP contribution >= 0.6 is 0 Å². The molecule has 0 aliphatic heterocycles. The van der Waals surface area contributed by atoms with Crippen LogP contribution in [0.15, 0.2) is 29.2 Å². The predicted octanol–water partition coefficient (Wildman–Crippen LogP) is 3.47. The van der Waals surface area contributed by atoms with Gasteiger partial charge in [0, 0.05) is 12.3 Å². The first-order valence-electron chi connectivity index (χ1n) is 6.54. The summed E-state index contributed by atoms with van der Waals surface area (Å²) >= 11 is 0. The first-order chi connectivity index (χ1) is 8.49. The molecular formula is C14H23NO2S. The summed E-state index contributed by atoms with van der Waals surface area (Å²) in [5.41, 5.74) is 0.729. The van der Waals surface area contributed by atoms with E-state index >= 15 is 0 Å². The van der Waals surface area contributed by atoms with Gasteiger partial charge in [-0.15, -0.1) is 0 Å². The van der Waals surface area contributed by atoms with Crippen molar-refractivity contribution in [2.75, 3.05) is 11.6 Å². The lowest BCUT2D eigenvalue weighted by atomic mass is 10.1. The molecule has 0 aliphatic carbocycles. The minimum atomic E-state index is -3.17. The number of benzene rings is 1. The Morgan fingerprint density at radius 2 is 1.67 bits per heavy atom. The summed E-state index contributed by atoms with van der Waals surface area (Å²) in [7, 11) is -3.17. The number of nitrogens with one attached hydrogen (secondary N) is 1. The zero-order chi connectivity index (χ0) is 13.6. The lowest BCUT2D eigenvalue weighted by Crippen LogP contribution is -2.20. The van der Waals surface area contributed by atoms with Gasteiger partial charge in [-0.2, -0.15) is 0 Å². The Labute approximate surface area is 111 Å². The second-order valence-electron chi connectivity index (χ2n) is 4.69. The SMILES string of the molecule is CCCC(CCC)Nc1ccccc1S(C)(=O)=O. The zero-order valence-corrected chi connectivity index (χ0v) is 12.3. The molecule has 0 spiro atoms. The molecule has 1 rings (SSSR count). The molecular weight excluding hydrogens is 246 g/mol. The van der Waals surface area contributed by atoms with Gasteiger partial charge in [-0.3, -0.25) is 0 Å². The molecule has 0 heterocycles. The van der Waals surface area contributed by atoms with E-state index in [0.29, 0.717) is 10.9 Å². The summed E-state index contributed by atoms with van der Waals surface area (Å²) in [5.74, 6) is 0. The molecule has 0 aromatic heterocycles. The molecule has 1 aromatic rings. The summed E-state index contributed by atoms with van der Waals surface area (Å²) < 4.78 is 23.4. The van der Waals surface area contributed by atoms with Gasteiger partial charge in [-0.25, -0.2) is 8.42 Å². The molecule has 18 heavy (non-hydrogen) atoms. The normalized spacial score (nSPS) is 11.8. The Kier molecular flexibility index (Phi) is 5.66. The average molecular weight is 269 g/mol. The van der Waals surface area contributed by atoms with Crippen molar-refractivity contribution in [1.82, 2.24) is 0 Å². The standard InChI is InChI=1S/C14H23NO2S/c1-4-8-12(9-5-2)15-13-10-6-7-11-14(13)18(3,16)17/h6-7,10-12,15H,4-5,8-9H2,1-3H3. The van der Waals surface area contributed by atoms with E-state index in [9.17, 15) is 8.42 Å². The Morgan fingerprint density at radius 1 is 1.11 bits per heavy atom. The van der Waals surface area contributed by atoms with Gasteiger partial charge >= 0.3 is 0 Å². The van der Waals surface area contributed by atoms with E-state index < -0.39 is 9.84 Å². The van der Waals surface area contributed by atoms with Gasteiger partial charge in [0.25, 0.3) is 0 Å². The highest BCUT2D eigenvalue weighted by Gasteiger charge is 2.15. The van der Waals surface area contributed by atoms with Crippen molar-refractivity contribution in [2.45, 2.75) is 50.5 Å². The number of hydrogen-bond acceptors (Lipinski definition) is 3. The lowest BCUT2D eigenvalue weighted by molar-refractivity contribution is 0.583. The quantitative estimate of drug-likeness (QED) is 0.824. The molecule has 0 unspecified atom stereocenters. The molecule has 0 saturated carbocycles. The smallest absolute Gasteiger partial charge is 0.177 e. The monoisotopic (exact) mass is 269 g/mol. The Hall–Kier alpha value is -1.03. The van der Waals surface area contributed by atoms with Gasteiger partial charge in [0.15, 0.2) is 9.84 Å². The molecule has 1 aromatic carbocycles. The van der Waals surface area contributed by atoms with Crippen LogP contribution in [-0.4, -0.2) is 20.7 Å². The number of hydrogen-bond donors (Lipinski definition) is 1. The Bertz CT molecular complexity index is 462. The largest absolute Gasteiger partial charge is 0.381 e. The maximum absolute atomic E-state index is 11.7. The van der Waals surface area contributed by atoms with Crippen LogP contribution in [0.5, 0.6) is 0 Å². The Morgan fingerprint density at radius 3 is 2.17 bits per heavy atom. The summed E-state index contributed by atoms with van der Waals surface area (Å²) in [6, 6.07) is 7.48. The maximum atomic E-state index is 11.7. The average Bonchev–Trinajstić information content (AvgIpc) is 2.29. The van der Waals surface area contributed by atoms with Crippen LogP contribution in [0.3, 0.4) is 0 Å². The van der Waals surface area contributed by atoms with Crippen molar-refractivity contribution in [3.8, 4) is 0 Å². The third-order valence-electron chi connectivity index (χ3n) is 2.92. The van der Waals surface area contributed by atoms with E-state index in [1.165, 1.54) is 6.26 Å². The summed E-state index contributed by atoms with van der Waals surface area (Å²) in [6.45, 7) is 4.29. The molecule has 0 saturated heterocycles. The van der Waals surface area contributed by atoms with E-state index in [-0.39, 0.29) is 0 Å². The molecule has 102 valence electrons. The van der Waals surface area contributed by atoms with Gasteiger partial charge in [-0.1, -0.05) is 38.8 Å². The molecule has 0 amide bonds. The molecule has 4 heteroatoms. The molecule has 1 N–H and O–H groups in total. The van der Waals surface area contributed by atoms with Gasteiger partial charge in [0.05, 0.1) is 10.6 Å². The minimum Gasteiger partial charge on any atom is -0.381 e. The van der Waals surface area contributed by atoms with Crippen molar-refractivity contribution in [3.05, 3.63) is 24.3 Å². The number of para-hydroxylation sites is 1. The fraction of sp³-hybridized carbons (Fsp3) is 0.571. The van der Waals surface area contributed by atoms with Crippen molar-refractivity contribution in [2.24, 2.45) is 0 Å².